The van der Waals surface area contributed by atoms with Gasteiger partial charge in [0.1, 0.15) is 0 Å². The third-order valence-corrected chi connectivity index (χ3v) is 3.92. The van der Waals surface area contributed by atoms with Crippen molar-refractivity contribution in [3.63, 3.8) is 0 Å². The Labute approximate surface area is 111 Å². The van der Waals surface area contributed by atoms with E-state index in [-0.39, 0.29) is 0 Å². The molecule has 1 N–H and O–H groups in total. The first-order valence-corrected chi connectivity index (χ1v) is 7.27. The Hall–Kier alpha value is -1.02. The van der Waals surface area contributed by atoms with Crippen molar-refractivity contribution in [2.75, 3.05) is 24.5 Å². The van der Waals surface area contributed by atoms with E-state index in [0.29, 0.717) is 6.04 Å². The van der Waals surface area contributed by atoms with Gasteiger partial charge in [0.15, 0.2) is 0 Å². The van der Waals surface area contributed by atoms with E-state index < -0.39 is 0 Å². The zero-order valence-corrected chi connectivity index (χ0v) is 11.9. The third kappa shape index (κ3) is 3.26. The van der Waals surface area contributed by atoms with E-state index in [1.54, 1.807) is 0 Å². The van der Waals surface area contributed by atoms with Gasteiger partial charge in [0.05, 0.1) is 0 Å². The Bertz CT molecular complexity index is 375. The monoisotopic (exact) mass is 246 g/mol. The predicted molar refractivity (Wildman–Crippen MR) is 79.3 cm³/mol. The fraction of sp³-hybridized carbons (Fsp3) is 0.625. The molecule has 2 nitrogen and oxygen atoms in total. The van der Waals surface area contributed by atoms with Crippen LogP contribution in [-0.4, -0.2) is 25.7 Å². The van der Waals surface area contributed by atoms with Crippen LogP contribution in [0.25, 0.3) is 0 Å². The van der Waals surface area contributed by atoms with Gasteiger partial charge < -0.3 is 10.2 Å². The zero-order chi connectivity index (χ0) is 13.0. The number of nitrogens with zero attached hydrogens (tertiary/aromatic N) is 1. The van der Waals surface area contributed by atoms with Crippen LogP contribution in [0.5, 0.6) is 0 Å². The van der Waals surface area contributed by atoms with Gasteiger partial charge in [-0.05, 0) is 37.3 Å². The molecule has 18 heavy (non-hydrogen) atoms. The molecule has 2 unspecified atom stereocenters. The lowest BCUT2D eigenvalue weighted by molar-refractivity contribution is 0.498. The molecule has 2 atom stereocenters. The molecular formula is C16H26N2. The van der Waals surface area contributed by atoms with E-state index in [1.807, 2.05) is 0 Å². The third-order valence-electron chi connectivity index (χ3n) is 3.92. The van der Waals surface area contributed by atoms with Crippen LogP contribution in [0.3, 0.4) is 0 Å². The average Bonchev–Trinajstić information content (AvgIpc) is 2.38. The van der Waals surface area contributed by atoms with Crippen molar-refractivity contribution in [3.05, 3.63) is 29.8 Å². The first-order chi connectivity index (χ1) is 8.70. The molecule has 0 fully saturated rings. The summed E-state index contributed by atoms with van der Waals surface area (Å²) in [5.74, 6) is 0.767. The highest BCUT2D eigenvalue weighted by atomic mass is 15.2. The summed E-state index contributed by atoms with van der Waals surface area (Å²) < 4.78 is 0. The molecular weight excluding hydrogens is 220 g/mol. The minimum Gasteiger partial charge on any atom is -0.370 e. The molecule has 0 saturated carbocycles. The Kier molecular flexibility index (Phi) is 4.65. The molecule has 1 heterocycles. The Morgan fingerprint density at radius 1 is 1.39 bits per heavy atom. The van der Waals surface area contributed by atoms with E-state index in [4.69, 9.17) is 0 Å². The van der Waals surface area contributed by atoms with Crippen molar-refractivity contribution in [2.45, 2.75) is 39.7 Å². The Balaban J connectivity index is 1.96. The summed E-state index contributed by atoms with van der Waals surface area (Å²) in [7, 11) is 0. The second-order valence-corrected chi connectivity index (χ2v) is 5.65. The van der Waals surface area contributed by atoms with Gasteiger partial charge in [0, 0.05) is 31.4 Å². The molecule has 0 aromatic heterocycles. The van der Waals surface area contributed by atoms with Gasteiger partial charge in [-0.2, -0.15) is 0 Å². The maximum Gasteiger partial charge on any atom is 0.0399 e. The zero-order valence-electron chi connectivity index (χ0n) is 11.9. The summed E-state index contributed by atoms with van der Waals surface area (Å²) in [5.41, 5.74) is 2.96. The van der Waals surface area contributed by atoms with Gasteiger partial charge in [-0.3, -0.25) is 0 Å². The predicted octanol–water partition coefficient (Wildman–Crippen LogP) is 3.07. The highest BCUT2D eigenvalue weighted by Gasteiger charge is 2.20. The summed E-state index contributed by atoms with van der Waals surface area (Å²) in [5, 5.41) is 3.58. The van der Waals surface area contributed by atoms with Gasteiger partial charge in [-0.15, -0.1) is 0 Å². The van der Waals surface area contributed by atoms with Crippen LogP contribution in [0.1, 0.15) is 32.8 Å². The Morgan fingerprint density at radius 3 is 2.94 bits per heavy atom. The second kappa shape index (κ2) is 6.24. The lowest BCUT2D eigenvalue weighted by atomic mass is 9.94. The van der Waals surface area contributed by atoms with Crippen molar-refractivity contribution in [3.8, 4) is 0 Å². The molecule has 1 aliphatic heterocycles. The standard InChI is InChI=1S/C16H26N2/c1-4-14(3)17-9-10-18-12-13(2)11-15-7-5-6-8-16(15)18/h5-8,13-14,17H,4,9-12H2,1-3H3. The summed E-state index contributed by atoms with van der Waals surface area (Å²) in [6.45, 7) is 10.2. The lowest BCUT2D eigenvalue weighted by Gasteiger charge is -2.35. The molecule has 1 aromatic rings. The highest BCUT2D eigenvalue weighted by molar-refractivity contribution is 5.55. The van der Waals surface area contributed by atoms with Crippen molar-refractivity contribution >= 4 is 5.69 Å². The van der Waals surface area contributed by atoms with Crippen LogP contribution < -0.4 is 10.2 Å². The van der Waals surface area contributed by atoms with E-state index >= 15 is 0 Å². The summed E-state index contributed by atoms with van der Waals surface area (Å²) in [4.78, 5) is 2.54. The molecule has 2 rings (SSSR count). The minimum atomic E-state index is 0.627. The summed E-state index contributed by atoms with van der Waals surface area (Å²) in [6, 6.07) is 9.49. The largest absolute Gasteiger partial charge is 0.370 e. The van der Waals surface area contributed by atoms with Crippen LogP contribution in [0, 0.1) is 5.92 Å². The van der Waals surface area contributed by atoms with Crippen molar-refractivity contribution in [1.82, 2.24) is 5.32 Å². The second-order valence-electron chi connectivity index (χ2n) is 5.65. The van der Waals surface area contributed by atoms with Crippen molar-refractivity contribution < 1.29 is 0 Å². The van der Waals surface area contributed by atoms with Crippen LogP contribution in [-0.2, 0) is 6.42 Å². The number of hydrogen-bond acceptors (Lipinski definition) is 2. The summed E-state index contributed by atoms with van der Waals surface area (Å²) in [6.07, 6.45) is 2.43. The van der Waals surface area contributed by atoms with E-state index in [9.17, 15) is 0 Å². The maximum absolute atomic E-state index is 3.58. The molecule has 2 heteroatoms. The van der Waals surface area contributed by atoms with E-state index in [1.165, 1.54) is 30.6 Å². The van der Waals surface area contributed by atoms with Crippen molar-refractivity contribution in [1.29, 1.82) is 0 Å². The first kappa shape index (κ1) is 13.4. The quantitative estimate of drug-likeness (QED) is 0.859. The molecule has 1 aliphatic rings. The molecule has 0 radical (unpaired) electrons. The minimum absolute atomic E-state index is 0.627. The maximum atomic E-state index is 3.58. The molecule has 0 amide bonds. The van der Waals surface area contributed by atoms with Gasteiger partial charge in [-0.1, -0.05) is 32.0 Å². The number of hydrogen-bond donors (Lipinski definition) is 1. The smallest absolute Gasteiger partial charge is 0.0399 e. The van der Waals surface area contributed by atoms with E-state index in [2.05, 4.69) is 55.3 Å². The fourth-order valence-electron chi connectivity index (χ4n) is 2.71. The molecule has 0 bridgehead atoms. The van der Waals surface area contributed by atoms with Crippen molar-refractivity contribution in [2.24, 2.45) is 5.92 Å². The highest BCUT2D eigenvalue weighted by Crippen LogP contribution is 2.28. The molecule has 0 saturated heterocycles. The average molecular weight is 246 g/mol. The number of rotatable bonds is 5. The number of nitrogens with one attached hydrogen (secondary N) is 1. The molecule has 0 aliphatic carbocycles. The van der Waals surface area contributed by atoms with Gasteiger partial charge >= 0.3 is 0 Å². The number of para-hydroxylation sites is 1. The summed E-state index contributed by atoms with van der Waals surface area (Å²) >= 11 is 0. The number of fused-ring (bicyclic) bond motifs is 1. The molecule has 0 spiro atoms. The molecule has 1 aromatic carbocycles. The number of anilines is 1. The van der Waals surface area contributed by atoms with Crippen LogP contribution >= 0.6 is 0 Å². The van der Waals surface area contributed by atoms with Crippen LogP contribution in [0.4, 0.5) is 5.69 Å². The van der Waals surface area contributed by atoms with Crippen LogP contribution in [0.15, 0.2) is 24.3 Å². The number of benzene rings is 1. The fourth-order valence-corrected chi connectivity index (χ4v) is 2.71. The van der Waals surface area contributed by atoms with E-state index in [0.717, 1.165) is 19.0 Å². The topological polar surface area (TPSA) is 15.3 Å². The van der Waals surface area contributed by atoms with Gasteiger partial charge in [0.2, 0.25) is 0 Å². The van der Waals surface area contributed by atoms with Gasteiger partial charge in [0.25, 0.3) is 0 Å². The molecule has 100 valence electrons. The van der Waals surface area contributed by atoms with Crippen LogP contribution in [0.2, 0.25) is 0 Å². The van der Waals surface area contributed by atoms with Gasteiger partial charge in [-0.25, -0.2) is 0 Å². The lowest BCUT2D eigenvalue weighted by Crippen LogP contribution is -2.40. The Morgan fingerprint density at radius 2 is 2.17 bits per heavy atom. The SMILES string of the molecule is CCC(C)NCCN1CC(C)Cc2ccccc21. The first-order valence-electron chi connectivity index (χ1n) is 7.27. The normalized spacial score (nSPS) is 20.6.